The molecule has 0 fully saturated rings. The van der Waals surface area contributed by atoms with Crippen LogP contribution < -0.4 is 15.4 Å². The van der Waals surface area contributed by atoms with Gasteiger partial charge in [-0.1, -0.05) is 49.4 Å². The maximum absolute atomic E-state index is 12.5. The summed E-state index contributed by atoms with van der Waals surface area (Å²) in [6.07, 6.45) is 0.983. The Hall–Kier alpha value is -3.27. The largest absolute Gasteiger partial charge is 0.497 e. The number of nitrogens with one attached hydrogen (secondary N) is 2. The third kappa shape index (κ3) is 5.13. The Morgan fingerprint density at radius 2 is 1.68 bits per heavy atom. The normalized spacial score (nSPS) is 10.4. The first-order valence-corrected chi connectivity index (χ1v) is 9.51. The molecule has 3 rings (SSSR count). The summed E-state index contributed by atoms with van der Waals surface area (Å²) in [5.41, 5.74) is 5.19. The van der Waals surface area contributed by atoms with E-state index in [1.807, 2.05) is 54.6 Å². The third-order valence-electron chi connectivity index (χ3n) is 4.68. The molecular weight excluding hydrogens is 348 g/mol. The van der Waals surface area contributed by atoms with Gasteiger partial charge in [-0.05, 0) is 53.4 Å². The Morgan fingerprint density at radius 3 is 2.43 bits per heavy atom. The second-order valence-electron chi connectivity index (χ2n) is 6.60. The highest BCUT2D eigenvalue weighted by Crippen LogP contribution is 2.17. The summed E-state index contributed by atoms with van der Waals surface area (Å²) >= 11 is 0. The first kappa shape index (κ1) is 19.5. The van der Waals surface area contributed by atoms with E-state index in [2.05, 4.69) is 35.8 Å². The van der Waals surface area contributed by atoms with Crippen LogP contribution in [0.15, 0.2) is 72.8 Å². The van der Waals surface area contributed by atoms with Crippen molar-refractivity contribution in [2.75, 3.05) is 12.4 Å². The molecule has 0 radical (unpaired) electrons. The van der Waals surface area contributed by atoms with Crippen LogP contribution in [0.2, 0.25) is 0 Å². The molecule has 0 aliphatic rings. The van der Waals surface area contributed by atoms with Gasteiger partial charge in [0, 0.05) is 24.3 Å². The summed E-state index contributed by atoms with van der Waals surface area (Å²) in [5, 5.41) is 6.44. The summed E-state index contributed by atoms with van der Waals surface area (Å²) in [4.78, 5) is 12.5. The lowest BCUT2D eigenvalue weighted by atomic mass is 10.1. The van der Waals surface area contributed by atoms with Crippen molar-refractivity contribution in [2.24, 2.45) is 0 Å². The number of rotatable bonds is 8. The second-order valence-corrected chi connectivity index (χ2v) is 6.60. The third-order valence-corrected chi connectivity index (χ3v) is 4.68. The van der Waals surface area contributed by atoms with E-state index in [1.165, 1.54) is 5.56 Å². The number of para-hydroxylation sites is 1. The van der Waals surface area contributed by atoms with Gasteiger partial charge >= 0.3 is 0 Å². The molecule has 0 aliphatic heterocycles. The SMILES string of the molecule is CCc1ccccc1NCc1cccc(C(=O)NCc2ccc(OC)cc2)c1. The summed E-state index contributed by atoms with van der Waals surface area (Å²) in [5.74, 6) is 0.728. The Morgan fingerprint density at radius 1 is 0.893 bits per heavy atom. The number of methoxy groups -OCH3 is 1. The van der Waals surface area contributed by atoms with E-state index in [-0.39, 0.29) is 5.91 Å². The van der Waals surface area contributed by atoms with Crippen LogP contribution in [0.25, 0.3) is 0 Å². The van der Waals surface area contributed by atoms with Gasteiger partial charge in [-0.2, -0.15) is 0 Å². The van der Waals surface area contributed by atoms with Crippen molar-refractivity contribution >= 4 is 11.6 Å². The molecule has 144 valence electrons. The second kappa shape index (κ2) is 9.60. The summed E-state index contributed by atoms with van der Waals surface area (Å²) < 4.78 is 5.15. The van der Waals surface area contributed by atoms with Gasteiger partial charge in [-0.3, -0.25) is 4.79 Å². The average molecular weight is 374 g/mol. The molecule has 0 unspecified atom stereocenters. The highest BCUT2D eigenvalue weighted by atomic mass is 16.5. The molecule has 3 aromatic rings. The van der Waals surface area contributed by atoms with Crippen LogP contribution in [0.1, 0.15) is 34.0 Å². The fourth-order valence-corrected chi connectivity index (χ4v) is 3.05. The van der Waals surface area contributed by atoms with Crippen LogP contribution in [0.5, 0.6) is 5.75 Å². The molecule has 0 heterocycles. The Bertz CT molecular complexity index is 920. The number of aryl methyl sites for hydroxylation is 1. The van der Waals surface area contributed by atoms with Crippen molar-refractivity contribution in [2.45, 2.75) is 26.4 Å². The van der Waals surface area contributed by atoms with Gasteiger partial charge < -0.3 is 15.4 Å². The van der Waals surface area contributed by atoms with Crippen molar-refractivity contribution in [1.29, 1.82) is 0 Å². The lowest BCUT2D eigenvalue weighted by Gasteiger charge is -2.12. The molecule has 0 aromatic heterocycles. The predicted octanol–water partition coefficient (Wildman–Crippen LogP) is 4.80. The molecule has 0 bridgehead atoms. The van der Waals surface area contributed by atoms with Crippen molar-refractivity contribution in [1.82, 2.24) is 5.32 Å². The lowest BCUT2D eigenvalue weighted by Crippen LogP contribution is -2.22. The quantitative estimate of drug-likeness (QED) is 0.595. The number of ether oxygens (including phenoxy) is 1. The molecule has 0 saturated heterocycles. The molecule has 4 heteroatoms. The van der Waals surface area contributed by atoms with Crippen LogP contribution >= 0.6 is 0 Å². The van der Waals surface area contributed by atoms with Crippen LogP contribution in [0.4, 0.5) is 5.69 Å². The number of hydrogen-bond donors (Lipinski definition) is 2. The van der Waals surface area contributed by atoms with Gasteiger partial charge in [-0.25, -0.2) is 0 Å². The van der Waals surface area contributed by atoms with Crippen LogP contribution in [-0.2, 0) is 19.5 Å². The van der Waals surface area contributed by atoms with Crippen molar-refractivity contribution in [3.63, 3.8) is 0 Å². The molecule has 4 nitrogen and oxygen atoms in total. The molecule has 1 amide bonds. The number of benzene rings is 3. The number of carbonyl (C=O) groups excluding carboxylic acids is 1. The Balaban J connectivity index is 1.59. The van der Waals surface area contributed by atoms with Gasteiger partial charge in [0.25, 0.3) is 5.91 Å². The van der Waals surface area contributed by atoms with E-state index >= 15 is 0 Å². The topological polar surface area (TPSA) is 50.4 Å². The first-order valence-electron chi connectivity index (χ1n) is 9.51. The minimum absolute atomic E-state index is 0.0772. The van der Waals surface area contributed by atoms with E-state index in [0.717, 1.165) is 29.0 Å². The minimum atomic E-state index is -0.0772. The predicted molar refractivity (Wildman–Crippen MR) is 114 cm³/mol. The summed E-state index contributed by atoms with van der Waals surface area (Å²) in [7, 11) is 1.64. The van der Waals surface area contributed by atoms with E-state index in [1.54, 1.807) is 7.11 Å². The number of carbonyl (C=O) groups is 1. The highest BCUT2D eigenvalue weighted by molar-refractivity contribution is 5.94. The molecule has 0 saturated carbocycles. The van der Waals surface area contributed by atoms with Gasteiger partial charge in [0.05, 0.1) is 7.11 Å². The van der Waals surface area contributed by atoms with E-state index in [9.17, 15) is 4.79 Å². The van der Waals surface area contributed by atoms with Crippen LogP contribution in [-0.4, -0.2) is 13.0 Å². The van der Waals surface area contributed by atoms with E-state index < -0.39 is 0 Å². The fourth-order valence-electron chi connectivity index (χ4n) is 3.05. The Labute approximate surface area is 166 Å². The standard InChI is InChI=1S/C24H26N2O2/c1-3-20-8-4-5-10-23(20)25-17-19-7-6-9-21(15-19)24(27)26-16-18-11-13-22(28-2)14-12-18/h4-15,25H,3,16-17H2,1-2H3,(H,26,27). The lowest BCUT2D eigenvalue weighted by molar-refractivity contribution is 0.0951. The van der Waals surface area contributed by atoms with Crippen molar-refractivity contribution < 1.29 is 9.53 Å². The van der Waals surface area contributed by atoms with Crippen LogP contribution in [0.3, 0.4) is 0 Å². The number of anilines is 1. The van der Waals surface area contributed by atoms with Crippen molar-refractivity contribution in [3.8, 4) is 5.75 Å². The number of hydrogen-bond acceptors (Lipinski definition) is 3. The first-order chi connectivity index (χ1) is 13.7. The summed E-state index contributed by atoms with van der Waals surface area (Å²) in [6.45, 7) is 3.31. The highest BCUT2D eigenvalue weighted by Gasteiger charge is 2.07. The molecule has 3 aromatic carbocycles. The summed E-state index contributed by atoms with van der Waals surface area (Å²) in [6, 6.07) is 23.7. The van der Waals surface area contributed by atoms with E-state index in [4.69, 9.17) is 4.74 Å². The Kier molecular flexibility index (Phi) is 6.68. The fraction of sp³-hybridized carbons (Fsp3) is 0.208. The smallest absolute Gasteiger partial charge is 0.251 e. The monoisotopic (exact) mass is 374 g/mol. The number of amides is 1. The van der Waals surface area contributed by atoms with Gasteiger partial charge in [0.2, 0.25) is 0 Å². The molecule has 28 heavy (non-hydrogen) atoms. The van der Waals surface area contributed by atoms with Gasteiger partial charge in [0.1, 0.15) is 5.75 Å². The minimum Gasteiger partial charge on any atom is -0.497 e. The van der Waals surface area contributed by atoms with Gasteiger partial charge in [-0.15, -0.1) is 0 Å². The molecular formula is C24H26N2O2. The molecule has 2 N–H and O–H groups in total. The molecule has 0 spiro atoms. The van der Waals surface area contributed by atoms with E-state index in [0.29, 0.717) is 18.7 Å². The molecule has 0 atom stereocenters. The van der Waals surface area contributed by atoms with Crippen molar-refractivity contribution in [3.05, 3.63) is 95.1 Å². The van der Waals surface area contributed by atoms with Gasteiger partial charge in [0.15, 0.2) is 0 Å². The zero-order valence-electron chi connectivity index (χ0n) is 16.4. The molecule has 0 aliphatic carbocycles. The maximum Gasteiger partial charge on any atom is 0.251 e. The zero-order valence-corrected chi connectivity index (χ0v) is 16.4. The average Bonchev–Trinajstić information content (AvgIpc) is 2.76. The van der Waals surface area contributed by atoms with Crippen LogP contribution in [0, 0.1) is 0 Å². The zero-order chi connectivity index (χ0) is 19.8. The maximum atomic E-state index is 12.5.